The molecule has 0 saturated carbocycles. The summed E-state index contributed by atoms with van der Waals surface area (Å²) in [6.07, 6.45) is 0.505. The van der Waals surface area contributed by atoms with Crippen molar-refractivity contribution >= 4 is 32.5 Å². The van der Waals surface area contributed by atoms with Crippen molar-refractivity contribution in [2.75, 3.05) is 4.72 Å². The number of sulfonamides is 1. The van der Waals surface area contributed by atoms with Crippen LogP contribution in [0.5, 0.6) is 0 Å². The Hall–Kier alpha value is -2.00. The van der Waals surface area contributed by atoms with Gasteiger partial charge >= 0.3 is 5.97 Å². The van der Waals surface area contributed by atoms with E-state index in [0.29, 0.717) is 17.0 Å². The largest absolute Gasteiger partial charge is 0.478 e. The first-order valence-corrected chi connectivity index (χ1v) is 8.32. The Kier molecular flexibility index (Phi) is 4.24. The second kappa shape index (κ2) is 5.78. The third kappa shape index (κ3) is 3.37. The van der Waals surface area contributed by atoms with Crippen LogP contribution in [0.2, 0.25) is 0 Å². The average Bonchev–Trinajstić information content (AvgIpc) is 2.82. The molecule has 2 aromatic rings. The summed E-state index contributed by atoms with van der Waals surface area (Å²) in [5, 5.41) is 17.3. The molecule has 0 aliphatic carbocycles. The molecular formula is C12H13N3O4S2. The summed E-state index contributed by atoms with van der Waals surface area (Å²) >= 11 is 1.10. The molecule has 21 heavy (non-hydrogen) atoms. The number of anilines is 1. The maximum Gasteiger partial charge on any atom is 0.336 e. The Morgan fingerprint density at radius 1 is 1.38 bits per heavy atom. The Balaban J connectivity index is 2.40. The molecule has 2 rings (SSSR count). The monoisotopic (exact) mass is 327 g/mol. The maximum absolute atomic E-state index is 12.2. The fraction of sp³-hybridized carbons (Fsp3) is 0.250. The van der Waals surface area contributed by atoms with Crippen molar-refractivity contribution in [2.24, 2.45) is 0 Å². The Bertz CT molecular complexity index is 784. The molecule has 0 bridgehead atoms. The van der Waals surface area contributed by atoms with E-state index in [1.54, 1.807) is 13.8 Å². The van der Waals surface area contributed by atoms with Gasteiger partial charge in [0.1, 0.15) is 5.01 Å². The lowest BCUT2D eigenvalue weighted by Gasteiger charge is -2.08. The van der Waals surface area contributed by atoms with E-state index in [0.717, 1.165) is 17.4 Å². The average molecular weight is 327 g/mol. The molecule has 0 aliphatic heterocycles. The van der Waals surface area contributed by atoms with E-state index in [9.17, 15) is 13.2 Å². The second-order valence-electron chi connectivity index (χ2n) is 4.21. The van der Waals surface area contributed by atoms with Gasteiger partial charge in [-0.05, 0) is 31.0 Å². The van der Waals surface area contributed by atoms with E-state index < -0.39 is 16.0 Å². The first-order chi connectivity index (χ1) is 9.83. The standard InChI is InChI=1S/C12H13N3O4S2/c1-3-8-4-5-9(6-10(8)11(16)17)21(18,19)15-12-14-13-7(2)20-12/h4-6H,3H2,1-2H3,(H,14,15)(H,16,17). The van der Waals surface area contributed by atoms with Gasteiger partial charge in [0.05, 0.1) is 10.5 Å². The summed E-state index contributed by atoms with van der Waals surface area (Å²) in [5.41, 5.74) is 0.557. The van der Waals surface area contributed by atoms with Gasteiger partial charge in [0.15, 0.2) is 0 Å². The number of aromatic nitrogens is 2. The highest BCUT2D eigenvalue weighted by Crippen LogP contribution is 2.21. The molecule has 0 fully saturated rings. The minimum Gasteiger partial charge on any atom is -0.478 e. The lowest BCUT2D eigenvalue weighted by molar-refractivity contribution is 0.0695. The molecule has 1 heterocycles. The molecule has 0 atom stereocenters. The number of aryl methyl sites for hydroxylation is 2. The predicted octanol–water partition coefficient (Wildman–Crippen LogP) is 1.91. The van der Waals surface area contributed by atoms with Crippen molar-refractivity contribution in [3.8, 4) is 0 Å². The van der Waals surface area contributed by atoms with Crippen LogP contribution in [0.15, 0.2) is 23.1 Å². The smallest absolute Gasteiger partial charge is 0.336 e. The quantitative estimate of drug-likeness (QED) is 0.868. The second-order valence-corrected chi connectivity index (χ2v) is 7.07. The molecule has 112 valence electrons. The van der Waals surface area contributed by atoms with E-state index in [-0.39, 0.29) is 15.6 Å². The van der Waals surface area contributed by atoms with Gasteiger partial charge in [-0.15, -0.1) is 10.2 Å². The Labute approximate surface area is 125 Å². The lowest BCUT2D eigenvalue weighted by Crippen LogP contribution is -2.14. The van der Waals surface area contributed by atoms with Gasteiger partial charge in [-0.1, -0.05) is 24.3 Å². The first-order valence-electron chi connectivity index (χ1n) is 6.02. The van der Waals surface area contributed by atoms with Crippen molar-refractivity contribution in [1.82, 2.24) is 10.2 Å². The zero-order chi connectivity index (χ0) is 15.6. The molecule has 0 radical (unpaired) electrons. The zero-order valence-electron chi connectivity index (χ0n) is 11.3. The number of hydrogen-bond acceptors (Lipinski definition) is 6. The highest BCUT2D eigenvalue weighted by molar-refractivity contribution is 7.93. The van der Waals surface area contributed by atoms with Crippen LogP contribution in [0.4, 0.5) is 5.13 Å². The summed E-state index contributed by atoms with van der Waals surface area (Å²) in [6, 6.07) is 4.03. The number of carboxylic acids is 1. The van der Waals surface area contributed by atoms with Gasteiger partial charge in [-0.2, -0.15) is 0 Å². The number of aromatic carboxylic acids is 1. The van der Waals surface area contributed by atoms with Crippen molar-refractivity contribution in [3.63, 3.8) is 0 Å². The maximum atomic E-state index is 12.2. The number of benzene rings is 1. The van der Waals surface area contributed by atoms with Gasteiger partial charge < -0.3 is 5.11 Å². The first kappa shape index (κ1) is 15.4. The molecule has 0 spiro atoms. The van der Waals surface area contributed by atoms with E-state index in [4.69, 9.17) is 5.11 Å². The number of rotatable bonds is 5. The summed E-state index contributed by atoms with van der Waals surface area (Å²) in [6.45, 7) is 3.51. The molecule has 2 N–H and O–H groups in total. The topological polar surface area (TPSA) is 109 Å². The van der Waals surface area contributed by atoms with E-state index in [1.807, 2.05) is 0 Å². The minimum absolute atomic E-state index is 0.0196. The van der Waals surface area contributed by atoms with Crippen molar-refractivity contribution < 1.29 is 18.3 Å². The summed E-state index contributed by atoms with van der Waals surface area (Å²) in [5.74, 6) is -1.16. The van der Waals surface area contributed by atoms with Crippen LogP contribution < -0.4 is 4.72 Å². The number of nitrogens with one attached hydrogen (secondary N) is 1. The SMILES string of the molecule is CCc1ccc(S(=O)(=O)Nc2nnc(C)s2)cc1C(=O)O. The highest BCUT2D eigenvalue weighted by Gasteiger charge is 2.19. The van der Waals surface area contributed by atoms with Gasteiger partial charge in [-0.3, -0.25) is 4.72 Å². The lowest BCUT2D eigenvalue weighted by atomic mass is 10.1. The highest BCUT2D eigenvalue weighted by atomic mass is 32.2. The van der Waals surface area contributed by atoms with Crippen LogP contribution in [-0.4, -0.2) is 29.7 Å². The molecule has 1 aromatic heterocycles. The third-order valence-electron chi connectivity index (χ3n) is 2.75. The van der Waals surface area contributed by atoms with Crippen molar-refractivity contribution in [3.05, 3.63) is 34.3 Å². The van der Waals surface area contributed by atoms with E-state index >= 15 is 0 Å². The van der Waals surface area contributed by atoms with Crippen LogP contribution >= 0.6 is 11.3 Å². The molecule has 0 amide bonds. The fourth-order valence-electron chi connectivity index (χ4n) is 1.74. The number of nitrogens with zero attached hydrogens (tertiary/aromatic N) is 2. The van der Waals surface area contributed by atoms with E-state index in [2.05, 4.69) is 14.9 Å². The van der Waals surface area contributed by atoms with Crippen LogP contribution in [0.25, 0.3) is 0 Å². The number of hydrogen-bond donors (Lipinski definition) is 2. The van der Waals surface area contributed by atoms with E-state index in [1.165, 1.54) is 12.1 Å². The molecule has 0 saturated heterocycles. The Morgan fingerprint density at radius 3 is 2.62 bits per heavy atom. The van der Waals surface area contributed by atoms with Gasteiger partial charge in [-0.25, -0.2) is 13.2 Å². The summed E-state index contributed by atoms with van der Waals surface area (Å²) in [4.78, 5) is 11.1. The molecule has 9 heteroatoms. The number of carboxylic acid groups (broad SMARTS) is 1. The van der Waals surface area contributed by atoms with Crippen LogP contribution in [0, 0.1) is 6.92 Å². The fourth-order valence-corrected chi connectivity index (χ4v) is 3.59. The zero-order valence-corrected chi connectivity index (χ0v) is 13.0. The molecular weight excluding hydrogens is 314 g/mol. The van der Waals surface area contributed by atoms with Crippen molar-refractivity contribution in [1.29, 1.82) is 0 Å². The molecule has 1 aromatic carbocycles. The predicted molar refractivity (Wildman–Crippen MR) is 78.2 cm³/mol. The van der Waals surface area contributed by atoms with Crippen LogP contribution in [0.1, 0.15) is 27.9 Å². The number of carbonyl (C=O) groups is 1. The van der Waals surface area contributed by atoms with Crippen LogP contribution in [0.3, 0.4) is 0 Å². The summed E-state index contributed by atoms with van der Waals surface area (Å²) in [7, 11) is -3.89. The summed E-state index contributed by atoms with van der Waals surface area (Å²) < 4.78 is 26.7. The Morgan fingerprint density at radius 2 is 2.10 bits per heavy atom. The molecule has 0 aliphatic rings. The third-order valence-corrected chi connectivity index (χ3v) is 4.97. The molecule has 0 unspecified atom stereocenters. The van der Waals surface area contributed by atoms with Crippen LogP contribution in [-0.2, 0) is 16.4 Å². The minimum atomic E-state index is -3.89. The van der Waals surface area contributed by atoms with Crippen molar-refractivity contribution in [2.45, 2.75) is 25.2 Å². The van der Waals surface area contributed by atoms with Gasteiger partial charge in [0, 0.05) is 0 Å². The van der Waals surface area contributed by atoms with Gasteiger partial charge in [0.25, 0.3) is 10.0 Å². The van der Waals surface area contributed by atoms with Gasteiger partial charge in [0.2, 0.25) is 5.13 Å². The molecule has 7 nitrogen and oxygen atoms in total. The normalized spacial score (nSPS) is 11.3.